The van der Waals surface area contributed by atoms with Crippen molar-refractivity contribution in [2.24, 2.45) is 4.99 Å². The Kier molecular flexibility index (Phi) is 7.59. The van der Waals surface area contributed by atoms with Gasteiger partial charge in [-0.05, 0) is 66.7 Å². The van der Waals surface area contributed by atoms with Crippen molar-refractivity contribution in [2.75, 3.05) is 20.3 Å². The number of aliphatic imine (C=N–C) groups is 1. The van der Waals surface area contributed by atoms with Gasteiger partial charge < -0.3 is 19.5 Å². The van der Waals surface area contributed by atoms with Gasteiger partial charge in [-0.15, -0.1) is 0 Å². The zero-order valence-electron chi connectivity index (χ0n) is 16.6. The highest BCUT2D eigenvalue weighted by Crippen LogP contribution is 2.36. The Labute approximate surface area is 188 Å². The molecule has 0 unspecified atom stereocenters. The topological polar surface area (TPSA) is 69.2 Å². The molecule has 156 valence electrons. The van der Waals surface area contributed by atoms with Crippen LogP contribution in [0.15, 0.2) is 63.4 Å². The number of carbonyl (C=O) groups excluding carboxylic acids is 1. The van der Waals surface area contributed by atoms with E-state index in [1.807, 2.05) is 37.3 Å². The van der Waals surface area contributed by atoms with Crippen LogP contribution in [-0.4, -0.2) is 31.4 Å². The van der Waals surface area contributed by atoms with Crippen molar-refractivity contribution in [3.05, 3.63) is 64.0 Å². The number of nitrogens with zero attached hydrogens (tertiary/aromatic N) is 1. The van der Waals surface area contributed by atoms with Crippen LogP contribution in [0.4, 0.5) is 5.69 Å². The van der Waals surface area contributed by atoms with E-state index in [-0.39, 0.29) is 5.91 Å². The molecule has 0 spiro atoms. The average molecular weight is 489 g/mol. The molecule has 0 aromatic heterocycles. The highest BCUT2D eigenvalue weighted by atomic mass is 79.9. The molecule has 2 aromatic carbocycles. The first kappa shape index (κ1) is 22.0. The van der Waals surface area contributed by atoms with Crippen molar-refractivity contribution in [1.82, 2.24) is 5.32 Å². The van der Waals surface area contributed by atoms with Gasteiger partial charge in [0.1, 0.15) is 12.4 Å². The lowest BCUT2D eigenvalue weighted by Gasteiger charge is -2.11. The Morgan fingerprint density at radius 2 is 1.97 bits per heavy atom. The molecular weight excluding hydrogens is 468 g/mol. The normalized spacial score (nSPS) is 15.9. The summed E-state index contributed by atoms with van der Waals surface area (Å²) >= 11 is 4.81. The Morgan fingerprint density at radius 3 is 2.63 bits per heavy atom. The van der Waals surface area contributed by atoms with E-state index >= 15 is 0 Å². The van der Waals surface area contributed by atoms with Crippen molar-refractivity contribution in [2.45, 2.75) is 6.92 Å². The van der Waals surface area contributed by atoms with Gasteiger partial charge in [0.2, 0.25) is 0 Å². The monoisotopic (exact) mass is 488 g/mol. The van der Waals surface area contributed by atoms with Crippen LogP contribution in [0.2, 0.25) is 0 Å². The van der Waals surface area contributed by atoms with Gasteiger partial charge in [-0.2, -0.15) is 0 Å². The number of hydrogen-bond donors (Lipinski definition) is 1. The maximum absolute atomic E-state index is 12.4. The number of amidine groups is 1. The maximum Gasteiger partial charge on any atom is 0.264 e. The van der Waals surface area contributed by atoms with Crippen LogP contribution >= 0.6 is 27.7 Å². The van der Waals surface area contributed by atoms with Gasteiger partial charge in [0.25, 0.3) is 5.91 Å². The zero-order valence-corrected chi connectivity index (χ0v) is 19.0. The van der Waals surface area contributed by atoms with Gasteiger partial charge in [0.05, 0.1) is 24.3 Å². The lowest BCUT2D eigenvalue weighted by molar-refractivity contribution is -0.115. The first-order valence-electron chi connectivity index (χ1n) is 9.17. The molecule has 1 heterocycles. The molecule has 3 rings (SSSR count). The highest BCUT2D eigenvalue weighted by Gasteiger charge is 2.24. The fourth-order valence-electron chi connectivity index (χ4n) is 2.61. The summed E-state index contributed by atoms with van der Waals surface area (Å²) < 4.78 is 17.2. The van der Waals surface area contributed by atoms with E-state index in [4.69, 9.17) is 14.2 Å². The number of ether oxygens (including phenoxy) is 3. The Hall–Kier alpha value is -2.71. The SMILES string of the molecule is C=CCOc1cc(Br)c(/C=C2/SC(=Nc3ccc(OCC)cc3)NC2=O)cc1OC. The van der Waals surface area contributed by atoms with Crippen molar-refractivity contribution >= 4 is 50.5 Å². The van der Waals surface area contributed by atoms with Gasteiger partial charge in [0, 0.05) is 4.47 Å². The van der Waals surface area contributed by atoms with Crippen LogP contribution in [0.25, 0.3) is 6.08 Å². The highest BCUT2D eigenvalue weighted by molar-refractivity contribution is 9.10. The summed E-state index contributed by atoms with van der Waals surface area (Å²) in [5.41, 5.74) is 1.52. The number of benzene rings is 2. The molecule has 1 saturated heterocycles. The Balaban J connectivity index is 1.81. The molecule has 0 bridgehead atoms. The van der Waals surface area contributed by atoms with Crippen molar-refractivity contribution in [3.63, 3.8) is 0 Å². The van der Waals surface area contributed by atoms with Crippen molar-refractivity contribution in [1.29, 1.82) is 0 Å². The quantitative estimate of drug-likeness (QED) is 0.402. The Bertz CT molecular complexity index is 1000. The minimum absolute atomic E-state index is 0.206. The van der Waals surface area contributed by atoms with E-state index in [2.05, 4.69) is 32.8 Å². The van der Waals surface area contributed by atoms with E-state index in [1.165, 1.54) is 11.8 Å². The second kappa shape index (κ2) is 10.4. The molecule has 1 aliphatic heterocycles. The lowest BCUT2D eigenvalue weighted by Crippen LogP contribution is -2.19. The van der Waals surface area contributed by atoms with E-state index in [0.717, 1.165) is 21.5 Å². The largest absolute Gasteiger partial charge is 0.494 e. The van der Waals surface area contributed by atoms with Crippen LogP contribution in [0, 0.1) is 0 Å². The first-order chi connectivity index (χ1) is 14.5. The standard InChI is InChI=1S/C22H21BrN2O4S/c1-4-10-29-19-13-17(23)14(11-18(19)27-3)12-20-21(26)25-22(30-20)24-15-6-8-16(9-7-15)28-5-2/h4,6-9,11-13H,1,5,10H2,2-3H3,(H,24,25,26)/b20-12+. The number of nitrogens with one attached hydrogen (secondary N) is 1. The molecule has 1 fully saturated rings. The van der Waals surface area contributed by atoms with E-state index < -0.39 is 0 Å². The molecule has 0 atom stereocenters. The summed E-state index contributed by atoms with van der Waals surface area (Å²) in [6.07, 6.45) is 3.44. The van der Waals surface area contributed by atoms with Gasteiger partial charge in [-0.25, -0.2) is 4.99 Å². The van der Waals surface area contributed by atoms with Crippen molar-refractivity contribution < 1.29 is 19.0 Å². The second-order valence-corrected chi connectivity index (χ2v) is 7.92. The summed E-state index contributed by atoms with van der Waals surface area (Å²) in [7, 11) is 1.57. The third-order valence-electron chi connectivity index (χ3n) is 3.96. The third kappa shape index (κ3) is 5.46. The molecule has 0 radical (unpaired) electrons. The summed E-state index contributed by atoms with van der Waals surface area (Å²) in [4.78, 5) is 17.4. The fraction of sp³-hybridized carbons (Fsp3) is 0.182. The average Bonchev–Trinajstić information content (AvgIpc) is 3.08. The van der Waals surface area contributed by atoms with Gasteiger partial charge in [-0.1, -0.05) is 28.6 Å². The number of methoxy groups -OCH3 is 1. The van der Waals surface area contributed by atoms with Crippen molar-refractivity contribution in [3.8, 4) is 17.2 Å². The van der Waals surface area contributed by atoms with Gasteiger partial charge >= 0.3 is 0 Å². The van der Waals surface area contributed by atoms with Gasteiger partial charge in [0.15, 0.2) is 16.7 Å². The van der Waals surface area contributed by atoms with Crippen LogP contribution in [0.3, 0.4) is 0 Å². The van der Waals surface area contributed by atoms with Gasteiger partial charge in [-0.3, -0.25) is 4.79 Å². The summed E-state index contributed by atoms with van der Waals surface area (Å²) in [5, 5.41) is 3.31. The molecule has 0 saturated carbocycles. The predicted octanol–water partition coefficient (Wildman–Crippen LogP) is 5.31. The number of hydrogen-bond acceptors (Lipinski definition) is 6. The molecule has 6 nitrogen and oxygen atoms in total. The fourth-order valence-corrected chi connectivity index (χ4v) is 3.87. The minimum atomic E-state index is -0.206. The number of carbonyl (C=O) groups is 1. The molecule has 8 heteroatoms. The van der Waals surface area contributed by atoms with E-state index in [9.17, 15) is 4.79 Å². The summed E-state index contributed by atoms with van der Waals surface area (Å²) in [6.45, 7) is 6.55. The molecule has 1 aliphatic rings. The molecule has 30 heavy (non-hydrogen) atoms. The lowest BCUT2D eigenvalue weighted by atomic mass is 10.2. The molecule has 1 amide bonds. The molecule has 2 aromatic rings. The predicted molar refractivity (Wildman–Crippen MR) is 125 cm³/mol. The third-order valence-corrected chi connectivity index (χ3v) is 5.55. The molecule has 1 N–H and O–H groups in total. The summed E-state index contributed by atoms with van der Waals surface area (Å²) in [5.74, 6) is 1.73. The second-order valence-electron chi connectivity index (χ2n) is 6.03. The van der Waals surface area contributed by atoms with Crippen LogP contribution in [-0.2, 0) is 4.79 Å². The first-order valence-corrected chi connectivity index (χ1v) is 10.8. The smallest absolute Gasteiger partial charge is 0.264 e. The zero-order chi connectivity index (χ0) is 21.5. The number of amides is 1. The van der Waals surface area contributed by atoms with Crippen LogP contribution in [0.1, 0.15) is 12.5 Å². The van der Waals surface area contributed by atoms with E-state index in [1.54, 1.807) is 25.3 Å². The van der Waals surface area contributed by atoms with Crippen LogP contribution < -0.4 is 19.5 Å². The Morgan fingerprint density at radius 1 is 1.20 bits per heavy atom. The molecule has 0 aliphatic carbocycles. The summed E-state index contributed by atoms with van der Waals surface area (Å²) in [6, 6.07) is 11.0. The number of halogens is 1. The van der Waals surface area contributed by atoms with Crippen LogP contribution in [0.5, 0.6) is 17.2 Å². The maximum atomic E-state index is 12.4. The molecular formula is C22H21BrN2O4S. The van der Waals surface area contributed by atoms with E-state index in [0.29, 0.717) is 34.8 Å². The number of rotatable bonds is 8. The minimum Gasteiger partial charge on any atom is -0.494 e. The number of thioether (sulfide) groups is 1.